The van der Waals surface area contributed by atoms with E-state index in [0.29, 0.717) is 47.1 Å². The van der Waals surface area contributed by atoms with Crippen LogP contribution in [0.2, 0.25) is 5.02 Å². The van der Waals surface area contributed by atoms with E-state index in [-0.39, 0.29) is 11.8 Å². The van der Waals surface area contributed by atoms with Crippen LogP contribution in [0.15, 0.2) is 22.7 Å². The normalized spacial score (nSPS) is 21.4. The minimum absolute atomic E-state index is 0.0137. The van der Waals surface area contributed by atoms with Gasteiger partial charge in [0.25, 0.3) is 5.89 Å². The van der Waals surface area contributed by atoms with Crippen LogP contribution in [0.4, 0.5) is 0 Å². The molecule has 2 aliphatic rings. The van der Waals surface area contributed by atoms with Gasteiger partial charge in [0.15, 0.2) is 5.82 Å². The number of halogens is 1. The van der Waals surface area contributed by atoms with Crippen molar-refractivity contribution in [3.8, 4) is 17.2 Å². The third kappa shape index (κ3) is 3.30. The monoisotopic (exact) mass is 375 g/mol. The molecule has 26 heavy (non-hydrogen) atoms. The molecular weight excluding hydrogens is 354 g/mol. The van der Waals surface area contributed by atoms with Crippen LogP contribution in [0.25, 0.3) is 11.5 Å². The number of amides is 1. The highest BCUT2D eigenvalue weighted by molar-refractivity contribution is 6.30. The maximum Gasteiger partial charge on any atom is 0.261 e. The summed E-state index contributed by atoms with van der Waals surface area (Å²) in [7, 11) is 1.57. The Bertz CT molecular complexity index is 801. The average molecular weight is 376 g/mol. The highest BCUT2D eigenvalue weighted by Crippen LogP contribution is 2.35. The molecule has 138 valence electrons. The van der Waals surface area contributed by atoms with Gasteiger partial charge < -0.3 is 14.2 Å². The molecule has 1 saturated carbocycles. The fraction of sp³-hybridized carbons (Fsp3) is 0.526. The predicted molar refractivity (Wildman–Crippen MR) is 97.2 cm³/mol. The third-order valence-corrected chi connectivity index (χ3v) is 5.61. The minimum Gasteiger partial charge on any atom is -0.496 e. The first-order valence-electron chi connectivity index (χ1n) is 9.12. The molecular formula is C19H22ClN3O3. The predicted octanol–water partition coefficient (Wildman–Crippen LogP) is 4.05. The van der Waals surface area contributed by atoms with Crippen molar-refractivity contribution in [3.05, 3.63) is 29.0 Å². The zero-order valence-corrected chi connectivity index (χ0v) is 15.5. The third-order valence-electron chi connectivity index (χ3n) is 5.37. The van der Waals surface area contributed by atoms with Crippen molar-refractivity contribution in [2.45, 2.75) is 50.5 Å². The summed E-state index contributed by atoms with van der Waals surface area (Å²) in [5.41, 5.74) is 0.698. The standard InChI is InChI=1S/C19H22ClN3O3/c1-25-16-10-13(20)7-8-15(16)19-21-18(22-26-19)12-9-17(24)23(11-12)14-5-3-2-4-6-14/h7-8,10,12,14H,2-6,9,11H2,1H3. The Hall–Kier alpha value is -2.08. The second-order valence-electron chi connectivity index (χ2n) is 7.04. The Morgan fingerprint density at radius 2 is 2.08 bits per heavy atom. The first-order chi connectivity index (χ1) is 12.7. The number of methoxy groups -OCH3 is 1. The molecule has 1 amide bonds. The lowest BCUT2D eigenvalue weighted by molar-refractivity contribution is -0.130. The van der Waals surface area contributed by atoms with E-state index in [2.05, 4.69) is 10.1 Å². The topological polar surface area (TPSA) is 68.5 Å². The van der Waals surface area contributed by atoms with Crippen molar-refractivity contribution in [2.24, 2.45) is 0 Å². The molecule has 1 aliphatic carbocycles. The first-order valence-corrected chi connectivity index (χ1v) is 9.50. The van der Waals surface area contributed by atoms with Gasteiger partial charge in [-0.15, -0.1) is 0 Å². The summed E-state index contributed by atoms with van der Waals surface area (Å²) in [5, 5.41) is 4.71. The van der Waals surface area contributed by atoms with E-state index in [1.165, 1.54) is 19.3 Å². The van der Waals surface area contributed by atoms with Crippen LogP contribution in [-0.4, -0.2) is 40.6 Å². The second kappa shape index (κ2) is 7.27. The molecule has 6 nitrogen and oxygen atoms in total. The lowest BCUT2D eigenvalue weighted by atomic mass is 9.94. The quantitative estimate of drug-likeness (QED) is 0.806. The fourth-order valence-corrected chi connectivity index (χ4v) is 4.16. The van der Waals surface area contributed by atoms with Crippen LogP contribution in [-0.2, 0) is 4.79 Å². The van der Waals surface area contributed by atoms with Crippen LogP contribution in [0.1, 0.15) is 50.3 Å². The number of likely N-dealkylation sites (tertiary alicyclic amines) is 1. The van der Waals surface area contributed by atoms with Gasteiger partial charge in [-0.05, 0) is 31.0 Å². The molecule has 0 spiro atoms. The molecule has 1 atom stereocenters. The van der Waals surface area contributed by atoms with Crippen LogP contribution >= 0.6 is 11.6 Å². The van der Waals surface area contributed by atoms with Crippen molar-refractivity contribution >= 4 is 17.5 Å². The summed E-state index contributed by atoms with van der Waals surface area (Å²) in [6.45, 7) is 0.681. The van der Waals surface area contributed by atoms with E-state index in [1.807, 2.05) is 4.90 Å². The van der Waals surface area contributed by atoms with Gasteiger partial charge in [-0.3, -0.25) is 4.79 Å². The molecule has 7 heteroatoms. The van der Waals surface area contributed by atoms with Crippen LogP contribution < -0.4 is 4.74 Å². The van der Waals surface area contributed by atoms with E-state index in [1.54, 1.807) is 25.3 Å². The summed E-state index contributed by atoms with van der Waals surface area (Å²) in [5.74, 6) is 1.75. The van der Waals surface area contributed by atoms with Gasteiger partial charge in [0.2, 0.25) is 5.91 Å². The fourth-order valence-electron chi connectivity index (χ4n) is 4.00. The van der Waals surface area contributed by atoms with Gasteiger partial charge in [-0.2, -0.15) is 4.98 Å². The lowest BCUT2D eigenvalue weighted by Gasteiger charge is -2.31. The smallest absolute Gasteiger partial charge is 0.261 e. The second-order valence-corrected chi connectivity index (χ2v) is 7.48. The van der Waals surface area contributed by atoms with E-state index in [9.17, 15) is 4.79 Å². The number of hydrogen-bond acceptors (Lipinski definition) is 5. The van der Waals surface area contributed by atoms with Crippen molar-refractivity contribution in [2.75, 3.05) is 13.7 Å². The van der Waals surface area contributed by atoms with Gasteiger partial charge in [-0.1, -0.05) is 36.0 Å². The molecule has 2 fully saturated rings. The Labute approximate surface area is 157 Å². The van der Waals surface area contributed by atoms with Gasteiger partial charge in [-0.25, -0.2) is 0 Å². The minimum atomic E-state index is -0.0137. The Morgan fingerprint density at radius 1 is 1.27 bits per heavy atom. The Balaban J connectivity index is 1.53. The SMILES string of the molecule is COc1cc(Cl)ccc1-c1nc(C2CC(=O)N(C3CCCCC3)C2)no1. The molecule has 0 N–H and O–H groups in total. The van der Waals surface area contributed by atoms with Crippen LogP contribution in [0, 0.1) is 0 Å². The molecule has 2 aromatic rings. The summed E-state index contributed by atoms with van der Waals surface area (Å²) >= 11 is 6.01. The molecule has 4 rings (SSSR count). The summed E-state index contributed by atoms with van der Waals surface area (Å²) in [6.07, 6.45) is 6.37. The number of ether oxygens (including phenoxy) is 1. The number of nitrogens with zero attached hydrogens (tertiary/aromatic N) is 3. The van der Waals surface area contributed by atoms with Crippen LogP contribution in [0.3, 0.4) is 0 Å². The van der Waals surface area contributed by atoms with Gasteiger partial charge in [0.1, 0.15) is 5.75 Å². The maximum absolute atomic E-state index is 12.5. The van der Waals surface area contributed by atoms with Crippen molar-refractivity contribution < 1.29 is 14.1 Å². The van der Waals surface area contributed by atoms with Gasteiger partial charge >= 0.3 is 0 Å². The highest BCUT2D eigenvalue weighted by Gasteiger charge is 2.37. The van der Waals surface area contributed by atoms with E-state index >= 15 is 0 Å². The molecule has 1 saturated heterocycles. The molecule has 2 heterocycles. The molecule has 1 aliphatic heterocycles. The van der Waals surface area contributed by atoms with Gasteiger partial charge in [0, 0.05) is 29.9 Å². The largest absolute Gasteiger partial charge is 0.496 e. The Kier molecular flexibility index (Phi) is 4.85. The van der Waals surface area contributed by atoms with E-state index in [4.69, 9.17) is 20.9 Å². The first kappa shape index (κ1) is 17.3. The number of benzene rings is 1. The number of hydrogen-bond donors (Lipinski definition) is 0. The number of carbonyl (C=O) groups excluding carboxylic acids is 1. The molecule has 1 unspecified atom stereocenters. The molecule has 1 aromatic heterocycles. The zero-order chi connectivity index (χ0) is 18.1. The van der Waals surface area contributed by atoms with Gasteiger partial charge in [0.05, 0.1) is 12.7 Å². The van der Waals surface area contributed by atoms with E-state index in [0.717, 1.165) is 12.8 Å². The number of carbonyl (C=O) groups is 1. The van der Waals surface area contributed by atoms with Crippen molar-refractivity contribution in [3.63, 3.8) is 0 Å². The molecule has 0 bridgehead atoms. The zero-order valence-electron chi connectivity index (χ0n) is 14.8. The number of aromatic nitrogens is 2. The van der Waals surface area contributed by atoms with Crippen molar-refractivity contribution in [1.82, 2.24) is 15.0 Å². The summed E-state index contributed by atoms with van der Waals surface area (Å²) < 4.78 is 10.8. The highest BCUT2D eigenvalue weighted by atomic mass is 35.5. The van der Waals surface area contributed by atoms with Crippen molar-refractivity contribution in [1.29, 1.82) is 0 Å². The maximum atomic E-state index is 12.5. The average Bonchev–Trinajstić information content (AvgIpc) is 3.29. The molecule has 0 radical (unpaired) electrons. The number of rotatable bonds is 4. The van der Waals surface area contributed by atoms with Crippen LogP contribution in [0.5, 0.6) is 5.75 Å². The Morgan fingerprint density at radius 3 is 2.85 bits per heavy atom. The summed E-state index contributed by atoms with van der Waals surface area (Å²) in [4.78, 5) is 19.0. The molecule has 1 aromatic carbocycles. The summed E-state index contributed by atoms with van der Waals surface area (Å²) in [6, 6.07) is 5.65. The van der Waals surface area contributed by atoms with E-state index < -0.39 is 0 Å². The lowest BCUT2D eigenvalue weighted by Crippen LogP contribution is -2.37.